The lowest BCUT2D eigenvalue weighted by Crippen LogP contribution is -2.11. The highest BCUT2D eigenvalue weighted by atomic mass is 16.5. The molecule has 0 aliphatic rings. The molecule has 0 aromatic carbocycles. The minimum absolute atomic E-state index is 0.472. The number of unbranched alkanes of at least 4 members (excludes halogenated alkanes) is 1. The van der Waals surface area contributed by atoms with Crippen molar-refractivity contribution in [2.75, 3.05) is 30.8 Å². The summed E-state index contributed by atoms with van der Waals surface area (Å²) in [6.07, 6.45) is 3.71. The molecule has 0 saturated heterocycles. The lowest BCUT2D eigenvalue weighted by atomic mass is 10.4. The maximum absolute atomic E-state index is 5.51. The second kappa shape index (κ2) is 7.00. The van der Waals surface area contributed by atoms with E-state index in [0.29, 0.717) is 12.4 Å². The lowest BCUT2D eigenvalue weighted by Gasteiger charge is -2.06. The normalized spacial score (nSPS) is 10.2. The zero-order valence-corrected chi connectivity index (χ0v) is 9.07. The van der Waals surface area contributed by atoms with Crippen molar-refractivity contribution in [3.05, 3.63) is 12.4 Å². The molecule has 0 bridgehead atoms. The van der Waals surface area contributed by atoms with E-state index in [4.69, 9.17) is 10.5 Å². The second-order valence-corrected chi connectivity index (χ2v) is 3.22. The van der Waals surface area contributed by atoms with Crippen LogP contribution in [0.5, 0.6) is 0 Å². The number of rotatable bonds is 7. The molecule has 0 atom stereocenters. The number of ether oxygens (including phenoxy) is 1. The van der Waals surface area contributed by atoms with E-state index >= 15 is 0 Å². The second-order valence-electron chi connectivity index (χ2n) is 3.22. The van der Waals surface area contributed by atoms with Crippen LogP contribution in [0.15, 0.2) is 12.4 Å². The zero-order chi connectivity index (χ0) is 10.9. The number of aromatic nitrogens is 2. The molecule has 1 aromatic rings. The van der Waals surface area contributed by atoms with Gasteiger partial charge < -0.3 is 15.8 Å². The Morgan fingerprint density at radius 1 is 1.40 bits per heavy atom. The van der Waals surface area contributed by atoms with Crippen molar-refractivity contribution < 1.29 is 4.74 Å². The van der Waals surface area contributed by atoms with Crippen LogP contribution in [0.4, 0.5) is 11.6 Å². The number of anilines is 2. The van der Waals surface area contributed by atoms with Gasteiger partial charge in [-0.05, 0) is 6.42 Å². The van der Waals surface area contributed by atoms with Crippen LogP contribution in [0.25, 0.3) is 0 Å². The largest absolute Gasteiger partial charge is 0.384 e. The lowest BCUT2D eigenvalue weighted by molar-refractivity contribution is 0.141. The van der Waals surface area contributed by atoms with Gasteiger partial charge in [-0.3, -0.25) is 0 Å². The van der Waals surface area contributed by atoms with E-state index in [0.717, 1.165) is 31.8 Å². The standard InChI is InChI=1S/C10H18N4O/c1-2-3-5-15-6-4-12-10-7-9(11)13-8-14-10/h7-8H,2-6H2,1H3,(H3,11,12,13,14). The number of hydrogen-bond acceptors (Lipinski definition) is 5. The summed E-state index contributed by atoms with van der Waals surface area (Å²) >= 11 is 0. The monoisotopic (exact) mass is 210 g/mol. The number of nitrogens with two attached hydrogens (primary N) is 1. The average Bonchev–Trinajstić information content (AvgIpc) is 2.23. The quantitative estimate of drug-likeness (QED) is 0.663. The molecule has 5 nitrogen and oxygen atoms in total. The zero-order valence-electron chi connectivity index (χ0n) is 9.07. The molecular formula is C10H18N4O. The van der Waals surface area contributed by atoms with Gasteiger partial charge in [0.25, 0.3) is 0 Å². The van der Waals surface area contributed by atoms with Crippen LogP contribution >= 0.6 is 0 Å². The van der Waals surface area contributed by atoms with E-state index in [1.807, 2.05) is 0 Å². The van der Waals surface area contributed by atoms with E-state index in [9.17, 15) is 0 Å². The van der Waals surface area contributed by atoms with Crippen LogP contribution in [0.3, 0.4) is 0 Å². The fraction of sp³-hybridized carbons (Fsp3) is 0.600. The van der Waals surface area contributed by atoms with Gasteiger partial charge in [-0.25, -0.2) is 9.97 Å². The Bertz CT molecular complexity index is 280. The van der Waals surface area contributed by atoms with Crippen LogP contribution < -0.4 is 11.1 Å². The van der Waals surface area contributed by atoms with E-state index in [1.54, 1.807) is 6.07 Å². The van der Waals surface area contributed by atoms with Gasteiger partial charge in [0.2, 0.25) is 0 Å². The van der Waals surface area contributed by atoms with Gasteiger partial charge in [-0.2, -0.15) is 0 Å². The summed E-state index contributed by atoms with van der Waals surface area (Å²) in [4.78, 5) is 7.82. The Hall–Kier alpha value is -1.36. The van der Waals surface area contributed by atoms with Gasteiger partial charge in [0.05, 0.1) is 6.61 Å². The topological polar surface area (TPSA) is 73.1 Å². The van der Waals surface area contributed by atoms with Crippen molar-refractivity contribution in [1.82, 2.24) is 9.97 Å². The fourth-order valence-electron chi connectivity index (χ4n) is 1.07. The number of nitrogens with zero attached hydrogens (tertiary/aromatic N) is 2. The highest BCUT2D eigenvalue weighted by Gasteiger charge is 1.94. The first-order valence-corrected chi connectivity index (χ1v) is 5.22. The Morgan fingerprint density at radius 2 is 2.27 bits per heavy atom. The Morgan fingerprint density at radius 3 is 3.00 bits per heavy atom. The Labute approximate surface area is 90.1 Å². The maximum Gasteiger partial charge on any atom is 0.131 e. The third-order valence-electron chi connectivity index (χ3n) is 1.88. The number of hydrogen-bond donors (Lipinski definition) is 2. The van der Waals surface area contributed by atoms with Gasteiger partial charge >= 0.3 is 0 Å². The number of nitrogens with one attached hydrogen (secondary N) is 1. The fourth-order valence-corrected chi connectivity index (χ4v) is 1.07. The molecule has 15 heavy (non-hydrogen) atoms. The first-order valence-electron chi connectivity index (χ1n) is 5.22. The van der Waals surface area contributed by atoms with Crippen molar-refractivity contribution in [2.24, 2.45) is 0 Å². The molecule has 0 radical (unpaired) electrons. The average molecular weight is 210 g/mol. The molecule has 0 saturated carbocycles. The maximum atomic E-state index is 5.51. The van der Waals surface area contributed by atoms with Crippen molar-refractivity contribution in [1.29, 1.82) is 0 Å². The summed E-state index contributed by atoms with van der Waals surface area (Å²) < 4.78 is 5.39. The first-order chi connectivity index (χ1) is 7.33. The highest BCUT2D eigenvalue weighted by Crippen LogP contribution is 2.03. The Kier molecular flexibility index (Phi) is 5.47. The summed E-state index contributed by atoms with van der Waals surface area (Å²) in [5, 5.41) is 3.11. The summed E-state index contributed by atoms with van der Waals surface area (Å²) in [5.74, 6) is 1.21. The van der Waals surface area contributed by atoms with Crippen LogP contribution in [0.2, 0.25) is 0 Å². The van der Waals surface area contributed by atoms with Gasteiger partial charge in [-0.15, -0.1) is 0 Å². The molecule has 0 aliphatic carbocycles. The van der Waals surface area contributed by atoms with Gasteiger partial charge in [0.15, 0.2) is 0 Å². The molecule has 0 aliphatic heterocycles. The van der Waals surface area contributed by atoms with Crippen LogP contribution in [-0.2, 0) is 4.74 Å². The molecule has 1 rings (SSSR count). The molecule has 0 spiro atoms. The third kappa shape index (κ3) is 5.17. The van der Waals surface area contributed by atoms with Gasteiger partial charge in [0, 0.05) is 19.2 Å². The van der Waals surface area contributed by atoms with Crippen molar-refractivity contribution in [3.63, 3.8) is 0 Å². The molecule has 5 heteroatoms. The molecule has 0 amide bonds. The van der Waals surface area contributed by atoms with Crippen LogP contribution in [0.1, 0.15) is 19.8 Å². The van der Waals surface area contributed by atoms with Crippen molar-refractivity contribution >= 4 is 11.6 Å². The molecule has 84 valence electrons. The molecule has 3 N–H and O–H groups in total. The van der Waals surface area contributed by atoms with Crippen molar-refractivity contribution in [2.45, 2.75) is 19.8 Å². The molecule has 1 heterocycles. The summed E-state index contributed by atoms with van der Waals surface area (Å²) in [7, 11) is 0. The number of nitrogen functional groups attached to an aromatic ring is 1. The van der Waals surface area contributed by atoms with Gasteiger partial charge in [0.1, 0.15) is 18.0 Å². The Balaban J connectivity index is 2.10. The predicted molar refractivity (Wildman–Crippen MR) is 60.7 cm³/mol. The van der Waals surface area contributed by atoms with E-state index < -0.39 is 0 Å². The predicted octanol–water partition coefficient (Wildman–Crippen LogP) is 1.29. The van der Waals surface area contributed by atoms with E-state index in [1.165, 1.54) is 6.33 Å². The molecule has 1 aromatic heterocycles. The van der Waals surface area contributed by atoms with Crippen LogP contribution in [0, 0.1) is 0 Å². The van der Waals surface area contributed by atoms with Crippen molar-refractivity contribution in [3.8, 4) is 0 Å². The minimum atomic E-state index is 0.472. The molecular weight excluding hydrogens is 192 g/mol. The highest BCUT2D eigenvalue weighted by molar-refractivity contribution is 5.42. The molecule has 0 unspecified atom stereocenters. The third-order valence-corrected chi connectivity index (χ3v) is 1.88. The van der Waals surface area contributed by atoms with Crippen LogP contribution in [-0.4, -0.2) is 29.7 Å². The summed E-state index contributed by atoms with van der Waals surface area (Å²) in [5.41, 5.74) is 5.51. The summed E-state index contributed by atoms with van der Waals surface area (Å²) in [6, 6.07) is 1.70. The van der Waals surface area contributed by atoms with E-state index in [-0.39, 0.29) is 0 Å². The summed E-state index contributed by atoms with van der Waals surface area (Å²) in [6.45, 7) is 4.39. The minimum Gasteiger partial charge on any atom is -0.384 e. The SMILES string of the molecule is CCCCOCCNc1cc(N)ncn1. The first kappa shape index (κ1) is 11.7. The smallest absolute Gasteiger partial charge is 0.131 e. The molecule has 0 fully saturated rings. The van der Waals surface area contributed by atoms with E-state index in [2.05, 4.69) is 22.2 Å². The van der Waals surface area contributed by atoms with Gasteiger partial charge in [-0.1, -0.05) is 13.3 Å².